The molecule has 2 saturated heterocycles. The van der Waals surface area contributed by atoms with Gasteiger partial charge in [-0.05, 0) is 31.3 Å². The summed E-state index contributed by atoms with van der Waals surface area (Å²) in [6, 6.07) is 11.4. The first-order valence-corrected chi connectivity index (χ1v) is 10.3. The van der Waals surface area contributed by atoms with Crippen molar-refractivity contribution in [2.24, 2.45) is 0 Å². The summed E-state index contributed by atoms with van der Waals surface area (Å²) in [6.45, 7) is 6.78. The molecule has 2 aromatic rings. The normalized spacial score (nSPS) is 17.7. The molecule has 1 aromatic carbocycles. The van der Waals surface area contributed by atoms with Gasteiger partial charge in [0.2, 0.25) is 0 Å². The molecular weight excluding hydrogens is 382 g/mol. The van der Waals surface area contributed by atoms with Gasteiger partial charge in [-0.1, -0.05) is 6.07 Å². The molecule has 1 N–H and O–H groups in total. The number of benzene rings is 1. The van der Waals surface area contributed by atoms with E-state index in [1.165, 1.54) is 0 Å². The quantitative estimate of drug-likeness (QED) is 0.819. The third-order valence-corrected chi connectivity index (χ3v) is 5.68. The second-order valence-corrected chi connectivity index (χ2v) is 7.68. The number of urea groups is 1. The van der Waals surface area contributed by atoms with Gasteiger partial charge in [-0.2, -0.15) is 0 Å². The molecule has 1 aromatic heterocycles. The van der Waals surface area contributed by atoms with Crippen LogP contribution in [0, 0.1) is 0 Å². The number of aromatic nitrogens is 2. The Balaban J connectivity index is 1.29. The van der Waals surface area contributed by atoms with Crippen molar-refractivity contribution in [3.8, 4) is 5.75 Å². The van der Waals surface area contributed by atoms with E-state index in [1.54, 1.807) is 7.11 Å². The van der Waals surface area contributed by atoms with Gasteiger partial charge < -0.3 is 29.7 Å². The second-order valence-electron chi connectivity index (χ2n) is 7.68. The molecule has 0 radical (unpaired) electrons. The Labute approximate surface area is 177 Å². The Hall–Kier alpha value is -3.07. The molecule has 2 amide bonds. The van der Waals surface area contributed by atoms with Crippen LogP contribution in [0.5, 0.6) is 5.75 Å². The molecule has 0 unspecified atom stereocenters. The third-order valence-electron chi connectivity index (χ3n) is 5.68. The van der Waals surface area contributed by atoms with E-state index in [0.29, 0.717) is 13.1 Å². The van der Waals surface area contributed by atoms with Crippen molar-refractivity contribution in [1.29, 1.82) is 0 Å². The molecule has 0 aliphatic carbocycles. The lowest BCUT2D eigenvalue weighted by Gasteiger charge is -2.35. The Morgan fingerprint density at radius 3 is 2.07 bits per heavy atom. The lowest BCUT2D eigenvalue weighted by atomic mass is 10.3. The molecule has 9 heteroatoms. The van der Waals surface area contributed by atoms with Crippen molar-refractivity contribution in [3.63, 3.8) is 0 Å². The summed E-state index contributed by atoms with van der Waals surface area (Å²) in [4.78, 5) is 21.2. The minimum atomic E-state index is -0.0978. The topological polar surface area (TPSA) is 77.1 Å². The first-order chi connectivity index (χ1) is 14.6. The summed E-state index contributed by atoms with van der Waals surface area (Å²) < 4.78 is 5.21. The number of hydrogen-bond acceptors (Lipinski definition) is 7. The largest absolute Gasteiger partial charge is 0.497 e. The molecule has 0 bridgehead atoms. The van der Waals surface area contributed by atoms with Crippen molar-refractivity contribution in [3.05, 3.63) is 36.4 Å². The standard InChI is InChI=1S/C21H29N7O2/c1-25-8-10-26(11-9-25)19-6-7-20(24-23-19)27-12-14-28(15-13-27)21(29)22-17-4-3-5-18(16-17)30-2/h3-7,16H,8-15H2,1-2H3,(H,22,29). The maximum atomic E-state index is 12.6. The number of anilines is 3. The van der Waals surface area contributed by atoms with E-state index in [-0.39, 0.29) is 6.03 Å². The minimum absolute atomic E-state index is 0.0978. The van der Waals surface area contributed by atoms with E-state index in [1.807, 2.05) is 35.2 Å². The predicted octanol–water partition coefficient (Wildman–Crippen LogP) is 1.59. The van der Waals surface area contributed by atoms with E-state index in [9.17, 15) is 4.79 Å². The van der Waals surface area contributed by atoms with Crippen LogP contribution >= 0.6 is 0 Å². The highest BCUT2D eigenvalue weighted by molar-refractivity contribution is 5.89. The number of hydrogen-bond donors (Lipinski definition) is 1. The van der Waals surface area contributed by atoms with Crippen molar-refractivity contribution in [2.75, 3.05) is 81.6 Å². The van der Waals surface area contributed by atoms with Crippen LogP contribution in [0.4, 0.5) is 22.1 Å². The maximum absolute atomic E-state index is 12.6. The summed E-state index contributed by atoms with van der Waals surface area (Å²) >= 11 is 0. The highest BCUT2D eigenvalue weighted by atomic mass is 16.5. The summed E-state index contributed by atoms with van der Waals surface area (Å²) in [5.74, 6) is 2.51. The van der Waals surface area contributed by atoms with Gasteiger partial charge in [0.25, 0.3) is 0 Å². The van der Waals surface area contributed by atoms with Crippen molar-refractivity contribution >= 4 is 23.4 Å². The van der Waals surface area contributed by atoms with E-state index in [2.05, 4.69) is 43.3 Å². The number of carbonyl (C=O) groups excluding carboxylic acids is 1. The molecule has 2 aliphatic rings. The van der Waals surface area contributed by atoms with Crippen LogP contribution in [0.25, 0.3) is 0 Å². The maximum Gasteiger partial charge on any atom is 0.321 e. The Kier molecular flexibility index (Phi) is 6.18. The van der Waals surface area contributed by atoms with E-state index >= 15 is 0 Å². The molecule has 0 saturated carbocycles. The zero-order chi connectivity index (χ0) is 20.9. The lowest BCUT2D eigenvalue weighted by molar-refractivity contribution is 0.208. The number of nitrogens with zero attached hydrogens (tertiary/aromatic N) is 6. The molecule has 0 atom stereocenters. The van der Waals surface area contributed by atoms with Gasteiger partial charge in [0, 0.05) is 64.1 Å². The first kappa shape index (κ1) is 20.2. The number of rotatable bonds is 4. The van der Waals surface area contributed by atoms with Crippen LogP contribution in [-0.4, -0.2) is 92.5 Å². The number of nitrogens with one attached hydrogen (secondary N) is 1. The fraction of sp³-hybridized carbons (Fsp3) is 0.476. The molecule has 9 nitrogen and oxygen atoms in total. The van der Waals surface area contributed by atoms with E-state index in [0.717, 1.165) is 62.3 Å². The summed E-state index contributed by atoms with van der Waals surface area (Å²) in [5.41, 5.74) is 0.729. The Bertz CT molecular complexity index is 845. The number of carbonyl (C=O) groups is 1. The molecule has 0 spiro atoms. The zero-order valence-corrected chi connectivity index (χ0v) is 17.6. The lowest BCUT2D eigenvalue weighted by Crippen LogP contribution is -2.50. The van der Waals surface area contributed by atoms with Crippen LogP contribution < -0.4 is 19.9 Å². The second kappa shape index (κ2) is 9.17. The van der Waals surface area contributed by atoms with Gasteiger partial charge in [-0.15, -0.1) is 10.2 Å². The number of piperazine rings is 2. The molecule has 160 valence electrons. The number of methoxy groups -OCH3 is 1. The van der Waals surface area contributed by atoms with Crippen LogP contribution in [0.3, 0.4) is 0 Å². The van der Waals surface area contributed by atoms with Crippen LogP contribution in [0.1, 0.15) is 0 Å². The molecule has 4 rings (SSSR count). The van der Waals surface area contributed by atoms with Gasteiger partial charge in [0.1, 0.15) is 5.75 Å². The molecule has 3 heterocycles. The van der Waals surface area contributed by atoms with Crippen LogP contribution in [0.15, 0.2) is 36.4 Å². The summed E-state index contributed by atoms with van der Waals surface area (Å²) in [7, 11) is 3.75. The Morgan fingerprint density at radius 1 is 0.900 bits per heavy atom. The fourth-order valence-corrected chi connectivity index (χ4v) is 3.73. The molecule has 2 fully saturated rings. The van der Waals surface area contributed by atoms with Crippen molar-refractivity contribution in [1.82, 2.24) is 20.0 Å². The van der Waals surface area contributed by atoms with Crippen LogP contribution in [0.2, 0.25) is 0 Å². The highest BCUT2D eigenvalue weighted by Gasteiger charge is 2.23. The molecular formula is C21H29N7O2. The SMILES string of the molecule is COc1cccc(NC(=O)N2CCN(c3ccc(N4CCN(C)CC4)nn3)CC2)c1. The summed E-state index contributed by atoms with van der Waals surface area (Å²) in [6.07, 6.45) is 0. The smallest absolute Gasteiger partial charge is 0.321 e. The van der Waals surface area contributed by atoms with Gasteiger partial charge in [0.15, 0.2) is 11.6 Å². The van der Waals surface area contributed by atoms with Crippen molar-refractivity contribution < 1.29 is 9.53 Å². The van der Waals surface area contributed by atoms with E-state index < -0.39 is 0 Å². The van der Waals surface area contributed by atoms with Gasteiger partial charge >= 0.3 is 6.03 Å². The molecule has 2 aliphatic heterocycles. The predicted molar refractivity (Wildman–Crippen MR) is 118 cm³/mol. The average molecular weight is 412 g/mol. The van der Waals surface area contributed by atoms with Gasteiger partial charge in [-0.25, -0.2) is 4.79 Å². The number of likely N-dealkylation sites (N-methyl/N-ethyl adjacent to an activating group) is 1. The first-order valence-electron chi connectivity index (χ1n) is 10.3. The highest BCUT2D eigenvalue weighted by Crippen LogP contribution is 2.19. The number of ether oxygens (including phenoxy) is 1. The fourth-order valence-electron chi connectivity index (χ4n) is 3.73. The summed E-state index contributed by atoms with van der Waals surface area (Å²) in [5, 5.41) is 11.8. The average Bonchev–Trinajstić information content (AvgIpc) is 2.80. The van der Waals surface area contributed by atoms with Crippen LogP contribution in [-0.2, 0) is 0 Å². The molecule has 30 heavy (non-hydrogen) atoms. The zero-order valence-electron chi connectivity index (χ0n) is 17.6. The minimum Gasteiger partial charge on any atom is -0.497 e. The number of amides is 2. The monoisotopic (exact) mass is 411 g/mol. The Morgan fingerprint density at radius 2 is 1.50 bits per heavy atom. The van der Waals surface area contributed by atoms with E-state index in [4.69, 9.17) is 4.74 Å². The van der Waals surface area contributed by atoms with Crippen molar-refractivity contribution in [2.45, 2.75) is 0 Å². The van der Waals surface area contributed by atoms with Gasteiger partial charge in [0.05, 0.1) is 7.11 Å². The van der Waals surface area contributed by atoms with Gasteiger partial charge in [-0.3, -0.25) is 0 Å². The third kappa shape index (κ3) is 4.73.